The maximum absolute atomic E-state index is 14.0. The molecule has 4 aromatic carbocycles. The largest absolute Gasteiger partial charge is 0.436 e. The number of imidazole rings is 1. The average Bonchev–Trinajstić information content (AvgIpc) is 4.06. The van der Waals surface area contributed by atoms with Gasteiger partial charge in [0.05, 0.1) is 23.3 Å². The van der Waals surface area contributed by atoms with E-state index in [1.165, 1.54) is 0 Å². The van der Waals surface area contributed by atoms with E-state index in [0.717, 1.165) is 70.4 Å². The highest BCUT2D eigenvalue weighted by molar-refractivity contribution is 5.93. The van der Waals surface area contributed by atoms with Crippen LogP contribution in [0.1, 0.15) is 72.7 Å². The summed E-state index contributed by atoms with van der Waals surface area (Å²) in [6, 6.07) is 30.3. The van der Waals surface area contributed by atoms with Crippen molar-refractivity contribution in [3.63, 3.8) is 0 Å². The van der Waals surface area contributed by atoms with Crippen LogP contribution in [0.2, 0.25) is 0 Å². The molecule has 2 N–H and O–H groups in total. The number of H-pyrrole nitrogens is 1. The van der Waals surface area contributed by atoms with Gasteiger partial charge in [0.1, 0.15) is 17.9 Å². The number of nitrogens with zero attached hydrogens (tertiary/aromatic N) is 6. The van der Waals surface area contributed by atoms with Gasteiger partial charge in [-0.25, -0.2) is 9.97 Å². The molecule has 2 saturated heterocycles. The van der Waals surface area contributed by atoms with Crippen LogP contribution < -0.4 is 5.32 Å². The number of hydrogen-bond acceptors (Lipinski definition) is 8. The van der Waals surface area contributed by atoms with Crippen molar-refractivity contribution in [2.24, 2.45) is 0 Å². The first kappa shape index (κ1) is 39.7. The highest BCUT2D eigenvalue weighted by Gasteiger charge is 2.38. The molecule has 0 aliphatic carbocycles. The molecule has 304 valence electrons. The van der Waals surface area contributed by atoms with Gasteiger partial charge in [0, 0.05) is 42.4 Å². The molecule has 0 spiro atoms. The number of hydrogen-bond donors (Lipinski definition) is 2. The summed E-state index contributed by atoms with van der Waals surface area (Å²) in [6.45, 7) is 3.27. The molecular formula is C47H52N8O4. The van der Waals surface area contributed by atoms with E-state index in [9.17, 15) is 14.4 Å². The minimum atomic E-state index is -0.412. The molecule has 2 fully saturated rings. The lowest BCUT2D eigenvalue weighted by Crippen LogP contribution is -2.44. The predicted octanol–water partition coefficient (Wildman–Crippen LogP) is 7.78. The van der Waals surface area contributed by atoms with Crippen LogP contribution >= 0.6 is 0 Å². The zero-order chi connectivity index (χ0) is 41.2. The topological polar surface area (TPSA) is 131 Å². The fourth-order valence-electron chi connectivity index (χ4n) is 8.75. The van der Waals surface area contributed by atoms with Crippen molar-refractivity contribution in [2.45, 2.75) is 63.2 Å². The summed E-state index contributed by atoms with van der Waals surface area (Å²) < 4.78 is 6.31. The Hall–Kier alpha value is -6.11. The molecule has 12 nitrogen and oxygen atoms in total. The van der Waals surface area contributed by atoms with Gasteiger partial charge in [-0.05, 0) is 108 Å². The Balaban J connectivity index is 0.949. The predicted molar refractivity (Wildman–Crippen MR) is 229 cm³/mol. The number of fused-ring (bicyclic) bond motifs is 1. The highest BCUT2D eigenvalue weighted by atomic mass is 16.4. The highest BCUT2D eigenvalue weighted by Crippen LogP contribution is 2.36. The Bertz CT molecular complexity index is 2440. The average molecular weight is 793 g/mol. The van der Waals surface area contributed by atoms with Gasteiger partial charge in [-0.1, -0.05) is 66.7 Å². The van der Waals surface area contributed by atoms with Gasteiger partial charge in [-0.2, -0.15) is 0 Å². The van der Waals surface area contributed by atoms with Gasteiger partial charge in [0.2, 0.25) is 23.6 Å². The molecule has 0 unspecified atom stereocenters. The summed E-state index contributed by atoms with van der Waals surface area (Å²) in [4.78, 5) is 62.2. The molecule has 12 heteroatoms. The molecule has 0 bridgehead atoms. The number of oxazole rings is 1. The lowest BCUT2D eigenvalue weighted by Gasteiger charge is -2.32. The number of amides is 3. The van der Waals surface area contributed by atoms with Crippen molar-refractivity contribution < 1.29 is 18.8 Å². The van der Waals surface area contributed by atoms with Crippen LogP contribution in [0.5, 0.6) is 0 Å². The second-order valence-corrected chi connectivity index (χ2v) is 16.2. The van der Waals surface area contributed by atoms with Crippen LogP contribution in [0, 0.1) is 6.92 Å². The molecule has 4 atom stereocenters. The van der Waals surface area contributed by atoms with Crippen molar-refractivity contribution in [3.05, 3.63) is 126 Å². The summed E-state index contributed by atoms with van der Waals surface area (Å²) in [6.07, 6.45) is 5.30. The number of rotatable bonds is 12. The first-order chi connectivity index (χ1) is 28.5. The van der Waals surface area contributed by atoms with E-state index in [1.54, 1.807) is 6.20 Å². The lowest BCUT2D eigenvalue weighted by molar-refractivity contribution is -0.138. The van der Waals surface area contributed by atoms with Crippen LogP contribution in [0.3, 0.4) is 0 Å². The monoisotopic (exact) mass is 792 g/mol. The van der Waals surface area contributed by atoms with E-state index in [1.807, 2.05) is 152 Å². The van der Waals surface area contributed by atoms with E-state index in [0.29, 0.717) is 30.4 Å². The van der Waals surface area contributed by atoms with Crippen LogP contribution in [0.4, 0.5) is 5.69 Å². The van der Waals surface area contributed by atoms with Crippen LogP contribution in [0.25, 0.3) is 33.8 Å². The second kappa shape index (κ2) is 17.0. The summed E-state index contributed by atoms with van der Waals surface area (Å²) in [5, 5.41) is 3.11. The van der Waals surface area contributed by atoms with E-state index < -0.39 is 6.04 Å². The minimum Gasteiger partial charge on any atom is -0.436 e. The molecule has 2 aliphatic heterocycles. The minimum absolute atomic E-state index is 0.0197. The van der Waals surface area contributed by atoms with Gasteiger partial charge >= 0.3 is 0 Å². The number of carbonyl (C=O) groups excluding carboxylic acids is 3. The van der Waals surface area contributed by atoms with E-state index in [4.69, 9.17) is 9.40 Å². The smallest absolute Gasteiger partial charge is 0.245 e. The number of nitrogens with one attached hydrogen (secondary N) is 2. The lowest BCUT2D eigenvalue weighted by atomic mass is 10.0. The molecule has 0 saturated carbocycles. The number of benzene rings is 4. The summed E-state index contributed by atoms with van der Waals surface area (Å²) >= 11 is 0. The molecule has 59 heavy (non-hydrogen) atoms. The second-order valence-electron chi connectivity index (χ2n) is 16.2. The normalized spacial score (nSPS) is 17.9. The molecule has 3 amide bonds. The van der Waals surface area contributed by atoms with Crippen LogP contribution in [-0.4, -0.2) is 99.6 Å². The number of carbonyl (C=O) groups is 3. The summed E-state index contributed by atoms with van der Waals surface area (Å²) in [5.41, 5.74) is 6.72. The number of likely N-dealkylation sites (N-methyl/N-ethyl adjacent to an activating group) is 2. The van der Waals surface area contributed by atoms with Gasteiger partial charge in [0.25, 0.3) is 0 Å². The summed E-state index contributed by atoms with van der Waals surface area (Å²) in [5.74, 6) is 1.75. The Morgan fingerprint density at radius 1 is 0.797 bits per heavy atom. The molecule has 4 heterocycles. The first-order valence-electron chi connectivity index (χ1n) is 20.5. The quantitative estimate of drug-likeness (QED) is 0.129. The van der Waals surface area contributed by atoms with Crippen molar-refractivity contribution >= 4 is 34.4 Å². The zero-order valence-corrected chi connectivity index (χ0v) is 34.4. The Kier molecular flexibility index (Phi) is 11.4. The third-order valence-electron chi connectivity index (χ3n) is 11.7. The fourth-order valence-corrected chi connectivity index (χ4v) is 8.75. The van der Waals surface area contributed by atoms with Crippen molar-refractivity contribution in [2.75, 3.05) is 46.6 Å². The van der Waals surface area contributed by atoms with Crippen LogP contribution in [-0.2, 0) is 14.4 Å². The number of aromatic amines is 1. The maximum atomic E-state index is 14.0. The SMILES string of the molecule is Cc1ccc(-c2ncc(-c3ccc4nc([C@@H]5CCCN5C(=O)[C@@H](c5ccccc5)N(C)C)[nH]c4c3)o2)cc1NC(=O)C[C@@H]1CCCN1C(=O)[C@@H](c1ccccc1)N(C)C. The third kappa shape index (κ3) is 8.28. The fraction of sp³-hybridized carbons (Fsp3) is 0.340. The zero-order valence-electron chi connectivity index (χ0n) is 34.4. The number of anilines is 1. The Morgan fingerprint density at radius 2 is 1.42 bits per heavy atom. The Morgan fingerprint density at radius 3 is 2.10 bits per heavy atom. The van der Waals surface area contributed by atoms with Gasteiger partial charge in [-0.3, -0.25) is 24.2 Å². The van der Waals surface area contributed by atoms with E-state index in [-0.39, 0.29) is 42.3 Å². The van der Waals surface area contributed by atoms with Crippen molar-refractivity contribution in [1.29, 1.82) is 0 Å². The molecule has 2 aromatic heterocycles. The van der Waals surface area contributed by atoms with Gasteiger partial charge in [-0.15, -0.1) is 0 Å². The first-order valence-corrected chi connectivity index (χ1v) is 20.5. The number of aromatic nitrogens is 3. The molecule has 8 rings (SSSR count). The van der Waals surface area contributed by atoms with Crippen molar-refractivity contribution in [1.82, 2.24) is 34.6 Å². The Labute approximate surface area is 345 Å². The standard InChI is InChI=1S/C47H52N8O4/c1-30-20-21-34(27-37(30)49-41(56)28-35-18-12-24-54(35)46(57)42(52(2)3)31-14-8-6-9-15-31)45-48-29-40(59-45)33-22-23-36-38(26-33)51-44(50-36)39-19-13-25-55(39)47(58)43(53(4)5)32-16-10-7-11-17-32/h6-11,14-17,20-23,26-27,29,35,39,42-43H,12-13,18-19,24-25,28H2,1-5H3,(H,49,56)(H,50,51)/t35-,39-,42+,43+/m0/s1. The third-order valence-corrected chi connectivity index (χ3v) is 11.7. The molecule has 6 aromatic rings. The van der Waals surface area contributed by atoms with Crippen LogP contribution in [0.15, 0.2) is 108 Å². The number of likely N-dealkylation sites (tertiary alicyclic amines) is 2. The molecule has 0 radical (unpaired) electrons. The van der Waals surface area contributed by atoms with E-state index >= 15 is 0 Å². The van der Waals surface area contributed by atoms with Crippen molar-refractivity contribution in [3.8, 4) is 22.8 Å². The molecular weight excluding hydrogens is 741 g/mol. The summed E-state index contributed by atoms with van der Waals surface area (Å²) in [7, 11) is 7.71. The van der Waals surface area contributed by atoms with Gasteiger partial charge < -0.3 is 24.5 Å². The number of aryl methyl sites for hydroxylation is 1. The van der Waals surface area contributed by atoms with E-state index in [2.05, 4.69) is 15.3 Å². The molecule has 2 aliphatic rings. The maximum Gasteiger partial charge on any atom is 0.245 e. The van der Waals surface area contributed by atoms with Gasteiger partial charge in [0.15, 0.2) is 5.76 Å².